The monoisotopic (exact) mass is 261 g/mol. The second-order valence-corrected chi connectivity index (χ2v) is 4.45. The minimum absolute atomic E-state index is 0.181. The Bertz CT molecular complexity index is 641. The molecule has 0 unspecified atom stereocenters. The summed E-state index contributed by atoms with van der Waals surface area (Å²) in [6.45, 7) is 2.06. The summed E-state index contributed by atoms with van der Waals surface area (Å²) in [7, 11) is 3.45. The molecule has 0 aliphatic carbocycles. The Morgan fingerprint density at radius 3 is 2.74 bits per heavy atom. The molecule has 1 aromatic carbocycles. The topological polar surface area (TPSA) is 62.2 Å². The fraction of sp³-hybridized carbons (Fsp3) is 0.357. The van der Waals surface area contributed by atoms with Crippen LogP contribution in [0, 0.1) is 0 Å². The average Bonchev–Trinajstić information content (AvgIpc) is 2.63. The molecule has 0 amide bonds. The third-order valence-corrected chi connectivity index (χ3v) is 3.21. The zero-order valence-corrected chi connectivity index (χ0v) is 11.5. The van der Waals surface area contributed by atoms with Crippen molar-refractivity contribution < 1.29 is 4.74 Å². The summed E-state index contributed by atoms with van der Waals surface area (Å²) in [6, 6.07) is 7.37. The van der Waals surface area contributed by atoms with Crippen molar-refractivity contribution in [1.29, 1.82) is 0 Å². The van der Waals surface area contributed by atoms with Crippen molar-refractivity contribution in [2.45, 2.75) is 19.8 Å². The summed E-state index contributed by atoms with van der Waals surface area (Å²) in [6.07, 6.45) is 1.73. The molecule has 0 bridgehead atoms. The van der Waals surface area contributed by atoms with Gasteiger partial charge in [0.15, 0.2) is 0 Å². The molecule has 5 nitrogen and oxygen atoms in total. The maximum absolute atomic E-state index is 12.3. The van der Waals surface area contributed by atoms with Crippen molar-refractivity contribution in [2.24, 2.45) is 7.05 Å². The summed E-state index contributed by atoms with van der Waals surface area (Å²) in [5.74, 6) is 0.709. The number of nitrogens with zero attached hydrogens (tertiary/aromatic N) is 2. The summed E-state index contributed by atoms with van der Waals surface area (Å²) in [4.78, 5) is 12.3. The molecule has 0 saturated heterocycles. The average molecular weight is 261 g/mol. The highest BCUT2D eigenvalue weighted by Crippen LogP contribution is 2.18. The number of benzene rings is 1. The smallest absolute Gasteiger partial charge is 0.294 e. The molecular weight excluding hydrogens is 242 g/mol. The van der Waals surface area contributed by atoms with E-state index in [1.165, 1.54) is 0 Å². The third-order valence-electron chi connectivity index (χ3n) is 3.21. The summed E-state index contributed by atoms with van der Waals surface area (Å²) in [5, 5.41) is 0. The van der Waals surface area contributed by atoms with Gasteiger partial charge in [0.2, 0.25) is 0 Å². The lowest BCUT2D eigenvalue weighted by Gasteiger charge is -2.10. The van der Waals surface area contributed by atoms with E-state index < -0.39 is 0 Å². The predicted octanol–water partition coefficient (Wildman–Crippen LogP) is 1.72. The molecule has 0 aliphatic rings. The number of rotatable bonds is 4. The van der Waals surface area contributed by atoms with Crippen LogP contribution in [-0.4, -0.2) is 16.5 Å². The standard InChI is InChI=1S/C14H19N3O2/c1-4-6-12-13(15)14(18)17(16(12)2)10-7-5-8-11(9-10)19-3/h5,7-9H,4,6,15H2,1-3H3. The first-order valence-corrected chi connectivity index (χ1v) is 6.31. The van der Waals surface area contributed by atoms with E-state index in [0.717, 1.165) is 24.2 Å². The van der Waals surface area contributed by atoms with Gasteiger partial charge in [-0.05, 0) is 18.6 Å². The first kappa shape index (κ1) is 13.3. The van der Waals surface area contributed by atoms with Crippen molar-refractivity contribution in [3.8, 4) is 11.4 Å². The molecular formula is C14H19N3O2. The Morgan fingerprint density at radius 2 is 2.11 bits per heavy atom. The highest BCUT2D eigenvalue weighted by Gasteiger charge is 2.15. The SMILES string of the molecule is CCCc1c(N)c(=O)n(-c2cccc(OC)c2)n1C. The largest absolute Gasteiger partial charge is 0.497 e. The number of anilines is 1. The van der Waals surface area contributed by atoms with E-state index >= 15 is 0 Å². The van der Waals surface area contributed by atoms with Crippen LogP contribution in [0.15, 0.2) is 29.1 Å². The van der Waals surface area contributed by atoms with Gasteiger partial charge < -0.3 is 10.5 Å². The molecule has 0 aliphatic heterocycles. The molecule has 5 heteroatoms. The van der Waals surface area contributed by atoms with E-state index in [2.05, 4.69) is 6.92 Å². The lowest BCUT2D eigenvalue weighted by atomic mass is 10.2. The Balaban J connectivity index is 2.62. The lowest BCUT2D eigenvalue weighted by molar-refractivity contribution is 0.414. The van der Waals surface area contributed by atoms with Gasteiger partial charge in [0.25, 0.3) is 5.56 Å². The predicted molar refractivity (Wildman–Crippen MR) is 76.0 cm³/mol. The lowest BCUT2D eigenvalue weighted by Crippen LogP contribution is -2.20. The van der Waals surface area contributed by atoms with Crippen molar-refractivity contribution in [1.82, 2.24) is 9.36 Å². The maximum Gasteiger partial charge on any atom is 0.294 e. The third kappa shape index (κ3) is 2.23. The van der Waals surface area contributed by atoms with E-state index in [1.807, 2.05) is 36.0 Å². The molecule has 0 radical (unpaired) electrons. The highest BCUT2D eigenvalue weighted by molar-refractivity contribution is 5.47. The van der Waals surface area contributed by atoms with Crippen LogP contribution < -0.4 is 16.0 Å². The van der Waals surface area contributed by atoms with Gasteiger partial charge >= 0.3 is 0 Å². The number of ether oxygens (including phenoxy) is 1. The molecule has 102 valence electrons. The van der Waals surface area contributed by atoms with E-state index in [4.69, 9.17) is 10.5 Å². The maximum atomic E-state index is 12.3. The van der Waals surface area contributed by atoms with Crippen LogP contribution in [0.25, 0.3) is 5.69 Å². The van der Waals surface area contributed by atoms with Gasteiger partial charge in [0.05, 0.1) is 18.5 Å². The van der Waals surface area contributed by atoms with Gasteiger partial charge in [-0.2, -0.15) is 0 Å². The Morgan fingerprint density at radius 1 is 1.37 bits per heavy atom. The van der Waals surface area contributed by atoms with E-state index in [1.54, 1.807) is 11.8 Å². The van der Waals surface area contributed by atoms with Gasteiger partial charge in [0, 0.05) is 13.1 Å². The van der Waals surface area contributed by atoms with Gasteiger partial charge in [0.1, 0.15) is 11.4 Å². The number of hydrogen-bond acceptors (Lipinski definition) is 3. The van der Waals surface area contributed by atoms with E-state index in [-0.39, 0.29) is 5.56 Å². The van der Waals surface area contributed by atoms with Crippen LogP contribution in [0.3, 0.4) is 0 Å². The quantitative estimate of drug-likeness (QED) is 0.911. The summed E-state index contributed by atoms with van der Waals surface area (Å²) in [5.41, 5.74) is 7.68. The minimum atomic E-state index is -0.181. The molecule has 2 aromatic rings. The molecule has 2 N–H and O–H groups in total. The second kappa shape index (κ2) is 5.22. The van der Waals surface area contributed by atoms with Crippen molar-refractivity contribution in [3.05, 3.63) is 40.3 Å². The van der Waals surface area contributed by atoms with Crippen LogP contribution in [0.2, 0.25) is 0 Å². The summed E-state index contributed by atoms with van der Waals surface area (Å²) >= 11 is 0. The first-order chi connectivity index (χ1) is 9.10. The molecule has 19 heavy (non-hydrogen) atoms. The van der Waals surface area contributed by atoms with Crippen LogP contribution in [-0.2, 0) is 13.5 Å². The highest BCUT2D eigenvalue weighted by atomic mass is 16.5. The van der Waals surface area contributed by atoms with Gasteiger partial charge in [-0.25, -0.2) is 4.68 Å². The fourth-order valence-corrected chi connectivity index (χ4v) is 2.23. The zero-order chi connectivity index (χ0) is 14.0. The molecule has 1 heterocycles. The molecule has 0 saturated carbocycles. The van der Waals surface area contributed by atoms with Crippen LogP contribution >= 0.6 is 0 Å². The van der Waals surface area contributed by atoms with Crippen molar-refractivity contribution >= 4 is 5.69 Å². The summed E-state index contributed by atoms with van der Waals surface area (Å²) < 4.78 is 8.57. The number of nitrogen functional groups attached to an aromatic ring is 1. The normalized spacial score (nSPS) is 10.7. The van der Waals surface area contributed by atoms with Crippen molar-refractivity contribution in [3.63, 3.8) is 0 Å². The zero-order valence-electron chi connectivity index (χ0n) is 11.5. The second-order valence-electron chi connectivity index (χ2n) is 4.45. The number of hydrogen-bond donors (Lipinski definition) is 1. The fourth-order valence-electron chi connectivity index (χ4n) is 2.23. The van der Waals surface area contributed by atoms with Gasteiger partial charge in [-0.15, -0.1) is 0 Å². The molecule has 2 rings (SSSR count). The Labute approximate surface area is 112 Å². The van der Waals surface area contributed by atoms with E-state index in [0.29, 0.717) is 11.4 Å². The Kier molecular flexibility index (Phi) is 3.64. The van der Waals surface area contributed by atoms with Gasteiger partial charge in [-0.3, -0.25) is 9.48 Å². The van der Waals surface area contributed by atoms with Crippen LogP contribution in [0.5, 0.6) is 5.75 Å². The van der Waals surface area contributed by atoms with Crippen LogP contribution in [0.4, 0.5) is 5.69 Å². The van der Waals surface area contributed by atoms with Crippen LogP contribution in [0.1, 0.15) is 19.0 Å². The number of aromatic nitrogens is 2. The molecule has 1 aromatic heterocycles. The first-order valence-electron chi connectivity index (χ1n) is 6.31. The van der Waals surface area contributed by atoms with E-state index in [9.17, 15) is 4.79 Å². The Hall–Kier alpha value is -2.17. The molecule has 0 fully saturated rings. The minimum Gasteiger partial charge on any atom is -0.497 e. The molecule has 0 spiro atoms. The molecule has 0 atom stereocenters. The van der Waals surface area contributed by atoms with Crippen molar-refractivity contribution in [2.75, 3.05) is 12.8 Å². The number of nitrogens with two attached hydrogens (primary N) is 1. The number of methoxy groups -OCH3 is 1. The van der Waals surface area contributed by atoms with Gasteiger partial charge in [-0.1, -0.05) is 19.4 Å².